The lowest BCUT2D eigenvalue weighted by molar-refractivity contribution is 0.254. The number of nitrogens with zero attached hydrogens (tertiary/aromatic N) is 3. The highest BCUT2D eigenvalue weighted by molar-refractivity contribution is 5.77. The third kappa shape index (κ3) is 4.81. The van der Waals surface area contributed by atoms with Gasteiger partial charge in [-0.1, -0.05) is 56.9 Å². The van der Waals surface area contributed by atoms with Crippen LogP contribution < -0.4 is 0 Å². The minimum absolute atomic E-state index is 0.983. The Kier molecular flexibility index (Phi) is 6.67. The van der Waals surface area contributed by atoms with E-state index in [-0.39, 0.29) is 0 Å². The van der Waals surface area contributed by atoms with E-state index in [2.05, 4.69) is 46.3 Å². The molecule has 116 valence electrons. The van der Waals surface area contributed by atoms with Gasteiger partial charge in [0, 0.05) is 6.54 Å². The van der Waals surface area contributed by atoms with Gasteiger partial charge in [0.15, 0.2) is 0 Å². The van der Waals surface area contributed by atoms with E-state index in [1.165, 1.54) is 57.2 Å². The molecule has 0 amide bonds. The lowest BCUT2D eigenvalue weighted by atomic mass is 10.1. The summed E-state index contributed by atoms with van der Waals surface area (Å²) in [6, 6.07) is 6.31. The van der Waals surface area contributed by atoms with Crippen molar-refractivity contribution in [3.63, 3.8) is 0 Å². The van der Waals surface area contributed by atoms with Crippen LogP contribution in [0.5, 0.6) is 0 Å². The maximum absolute atomic E-state index is 4.23. The van der Waals surface area contributed by atoms with Gasteiger partial charge in [-0.15, -0.1) is 5.10 Å². The molecule has 0 saturated heterocycles. The normalized spacial score (nSPS) is 11.6. The fourth-order valence-electron chi connectivity index (χ4n) is 2.74. The quantitative estimate of drug-likeness (QED) is 0.668. The molecule has 0 atom stereocenters. The Bertz CT molecular complexity index is 510. The zero-order valence-corrected chi connectivity index (χ0v) is 13.4. The molecule has 0 unspecified atom stereocenters. The van der Waals surface area contributed by atoms with Crippen molar-refractivity contribution in [2.75, 3.05) is 13.1 Å². The van der Waals surface area contributed by atoms with Gasteiger partial charge in [0.2, 0.25) is 0 Å². The van der Waals surface area contributed by atoms with Crippen molar-refractivity contribution in [1.82, 2.24) is 20.3 Å². The van der Waals surface area contributed by atoms with E-state index in [9.17, 15) is 0 Å². The fraction of sp³-hybridized carbons (Fsp3) is 0.647. The standard InChI is InChI=1S/C17H28N4/c1-3-5-7-12-21(13-8-6-4-2)14-15-10-9-11-16-17(15)19-20-18-16/h9-11H,3-8,12-14H2,1-2H3,(H,18,19,20). The molecule has 4 nitrogen and oxygen atoms in total. The summed E-state index contributed by atoms with van der Waals surface area (Å²) in [5.74, 6) is 0. The van der Waals surface area contributed by atoms with E-state index in [0.29, 0.717) is 0 Å². The molecule has 0 aliphatic rings. The Hall–Kier alpha value is -1.42. The summed E-state index contributed by atoms with van der Waals surface area (Å²) >= 11 is 0. The first kappa shape index (κ1) is 16.0. The molecule has 0 fully saturated rings. The molecule has 21 heavy (non-hydrogen) atoms. The van der Waals surface area contributed by atoms with Crippen LogP contribution in [0, 0.1) is 0 Å². The average molecular weight is 288 g/mol. The minimum atomic E-state index is 0.983. The summed E-state index contributed by atoms with van der Waals surface area (Å²) in [5.41, 5.74) is 3.34. The molecule has 1 aromatic carbocycles. The molecule has 0 aliphatic heterocycles. The highest BCUT2D eigenvalue weighted by Crippen LogP contribution is 2.16. The summed E-state index contributed by atoms with van der Waals surface area (Å²) in [6.45, 7) is 7.88. The second-order valence-corrected chi connectivity index (χ2v) is 5.82. The fourth-order valence-corrected chi connectivity index (χ4v) is 2.74. The maximum Gasteiger partial charge on any atom is 0.117 e. The van der Waals surface area contributed by atoms with Crippen molar-refractivity contribution in [2.45, 2.75) is 58.9 Å². The summed E-state index contributed by atoms with van der Waals surface area (Å²) in [4.78, 5) is 2.58. The molecule has 4 heteroatoms. The summed E-state index contributed by atoms with van der Waals surface area (Å²) in [7, 11) is 0. The van der Waals surface area contributed by atoms with Gasteiger partial charge in [0.25, 0.3) is 0 Å². The molecule has 2 rings (SSSR count). The first-order valence-corrected chi connectivity index (χ1v) is 8.36. The molecule has 1 heterocycles. The van der Waals surface area contributed by atoms with Crippen molar-refractivity contribution >= 4 is 11.0 Å². The van der Waals surface area contributed by atoms with Gasteiger partial charge in [-0.25, -0.2) is 0 Å². The van der Waals surface area contributed by atoms with Crippen LogP contribution >= 0.6 is 0 Å². The Labute approximate surface area is 127 Å². The number of H-pyrrole nitrogens is 1. The van der Waals surface area contributed by atoms with E-state index >= 15 is 0 Å². The Morgan fingerprint density at radius 3 is 2.38 bits per heavy atom. The Morgan fingerprint density at radius 2 is 1.71 bits per heavy atom. The molecule has 0 spiro atoms. The van der Waals surface area contributed by atoms with E-state index in [1.54, 1.807) is 0 Å². The molecule has 0 saturated carbocycles. The van der Waals surface area contributed by atoms with Crippen LogP contribution in [0.15, 0.2) is 18.2 Å². The van der Waals surface area contributed by atoms with Crippen molar-refractivity contribution < 1.29 is 0 Å². The van der Waals surface area contributed by atoms with E-state index in [0.717, 1.165) is 17.6 Å². The number of fused-ring (bicyclic) bond motifs is 1. The first-order valence-electron chi connectivity index (χ1n) is 8.36. The highest BCUT2D eigenvalue weighted by atomic mass is 15.3. The van der Waals surface area contributed by atoms with Gasteiger partial charge < -0.3 is 0 Å². The summed E-state index contributed by atoms with van der Waals surface area (Å²) in [6.07, 6.45) is 7.77. The van der Waals surface area contributed by atoms with Gasteiger partial charge in [-0.05, 0) is 37.6 Å². The molecule has 1 N–H and O–H groups in total. The smallest absolute Gasteiger partial charge is 0.117 e. The molecule has 2 aromatic rings. The van der Waals surface area contributed by atoms with Crippen molar-refractivity contribution in [3.05, 3.63) is 23.8 Å². The number of hydrogen-bond acceptors (Lipinski definition) is 3. The van der Waals surface area contributed by atoms with E-state index in [4.69, 9.17) is 0 Å². The second kappa shape index (κ2) is 8.78. The molecular weight excluding hydrogens is 260 g/mol. The number of aromatic nitrogens is 3. The first-order chi connectivity index (χ1) is 10.3. The molecule has 0 radical (unpaired) electrons. The average Bonchev–Trinajstić information content (AvgIpc) is 2.97. The number of nitrogens with one attached hydrogen (secondary N) is 1. The predicted molar refractivity (Wildman–Crippen MR) is 88.2 cm³/mol. The zero-order valence-electron chi connectivity index (χ0n) is 13.4. The lowest BCUT2D eigenvalue weighted by Crippen LogP contribution is -2.25. The lowest BCUT2D eigenvalue weighted by Gasteiger charge is -2.22. The van der Waals surface area contributed by atoms with Crippen LogP contribution in [0.4, 0.5) is 0 Å². The number of benzene rings is 1. The van der Waals surface area contributed by atoms with Gasteiger partial charge in [-0.2, -0.15) is 0 Å². The largest absolute Gasteiger partial charge is 0.299 e. The number of hydrogen-bond donors (Lipinski definition) is 1. The highest BCUT2D eigenvalue weighted by Gasteiger charge is 2.10. The number of rotatable bonds is 10. The number of unbranched alkanes of at least 4 members (excludes halogenated alkanes) is 4. The van der Waals surface area contributed by atoms with Gasteiger partial charge in [-0.3, -0.25) is 10.00 Å². The minimum Gasteiger partial charge on any atom is -0.299 e. The number of aromatic amines is 1. The SMILES string of the molecule is CCCCCN(CCCCC)Cc1cccc2[nH]nnc12. The second-order valence-electron chi connectivity index (χ2n) is 5.82. The van der Waals surface area contributed by atoms with Gasteiger partial charge in [0.05, 0.1) is 5.52 Å². The van der Waals surface area contributed by atoms with Gasteiger partial charge in [0.1, 0.15) is 5.52 Å². The van der Waals surface area contributed by atoms with Crippen molar-refractivity contribution in [1.29, 1.82) is 0 Å². The zero-order chi connectivity index (χ0) is 14.9. The third-order valence-electron chi connectivity index (χ3n) is 3.99. The molecule has 1 aromatic heterocycles. The van der Waals surface area contributed by atoms with Crippen LogP contribution in [-0.4, -0.2) is 33.4 Å². The third-order valence-corrected chi connectivity index (χ3v) is 3.99. The van der Waals surface area contributed by atoms with Crippen LogP contribution in [0.1, 0.15) is 57.9 Å². The summed E-state index contributed by atoms with van der Waals surface area (Å²) in [5, 5.41) is 11.1. The maximum atomic E-state index is 4.23. The monoisotopic (exact) mass is 288 g/mol. The van der Waals surface area contributed by atoms with E-state index < -0.39 is 0 Å². The Balaban J connectivity index is 2.00. The van der Waals surface area contributed by atoms with E-state index in [1.807, 2.05) is 6.07 Å². The molecule has 0 bridgehead atoms. The predicted octanol–water partition coefficient (Wildman–Crippen LogP) is 4.14. The van der Waals surface area contributed by atoms with Crippen molar-refractivity contribution in [3.8, 4) is 0 Å². The summed E-state index contributed by atoms with van der Waals surface area (Å²) < 4.78 is 0. The van der Waals surface area contributed by atoms with Crippen LogP contribution in [0.3, 0.4) is 0 Å². The van der Waals surface area contributed by atoms with Crippen LogP contribution in [0.2, 0.25) is 0 Å². The van der Waals surface area contributed by atoms with Crippen LogP contribution in [0.25, 0.3) is 11.0 Å². The Morgan fingerprint density at radius 1 is 1.00 bits per heavy atom. The van der Waals surface area contributed by atoms with Crippen molar-refractivity contribution in [2.24, 2.45) is 0 Å². The molecular formula is C17H28N4. The van der Waals surface area contributed by atoms with Crippen LogP contribution in [-0.2, 0) is 6.54 Å². The van der Waals surface area contributed by atoms with Gasteiger partial charge >= 0.3 is 0 Å². The topological polar surface area (TPSA) is 44.8 Å². The molecule has 0 aliphatic carbocycles.